The quantitative estimate of drug-likeness (QED) is 0.284. The Balaban J connectivity index is 1.59. The van der Waals surface area contributed by atoms with E-state index in [0.717, 1.165) is 5.56 Å². The average molecular weight is 508 g/mol. The number of benzene rings is 4. The maximum atomic E-state index is 13.3. The number of methoxy groups -OCH3 is 2. The van der Waals surface area contributed by atoms with Crippen molar-refractivity contribution in [2.45, 2.75) is 6.61 Å². The molecule has 190 valence electrons. The fourth-order valence-electron chi connectivity index (χ4n) is 4.27. The van der Waals surface area contributed by atoms with Crippen LogP contribution in [0.3, 0.4) is 0 Å². The van der Waals surface area contributed by atoms with E-state index in [9.17, 15) is 9.59 Å². The van der Waals surface area contributed by atoms with E-state index in [1.54, 1.807) is 30.3 Å². The lowest BCUT2D eigenvalue weighted by molar-refractivity contribution is 0.100. The highest BCUT2D eigenvalue weighted by Gasteiger charge is 2.21. The molecule has 0 saturated carbocycles. The van der Waals surface area contributed by atoms with Crippen molar-refractivity contribution in [3.8, 4) is 39.7 Å². The molecule has 0 radical (unpaired) electrons. The number of rotatable bonds is 8. The molecule has 0 aliphatic rings. The van der Waals surface area contributed by atoms with Crippen molar-refractivity contribution in [3.63, 3.8) is 0 Å². The van der Waals surface area contributed by atoms with Crippen molar-refractivity contribution < 1.29 is 23.4 Å². The number of ether oxygens (including phenoxy) is 3. The number of fused-ring (bicyclic) bond motifs is 1. The third kappa shape index (κ3) is 4.82. The highest BCUT2D eigenvalue weighted by Crippen LogP contribution is 2.42. The lowest BCUT2D eigenvalue weighted by Gasteiger charge is -2.15. The summed E-state index contributed by atoms with van der Waals surface area (Å²) in [5.41, 5.74) is 8.82. The van der Waals surface area contributed by atoms with Crippen LogP contribution in [0.1, 0.15) is 15.9 Å². The highest BCUT2D eigenvalue weighted by molar-refractivity contribution is 6.00. The Morgan fingerprint density at radius 2 is 1.47 bits per heavy atom. The molecule has 1 heterocycles. The molecule has 5 rings (SSSR count). The highest BCUT2D eigenvalue weighted by atomic mass is 16.5. The SMILES string of the molecule is COc1cc(OC)c2c(=O)cc(-c3ccc(OCc4ccccc4)cc3)oc2c1-c1ccc(C(N)=O)cc1. The Morgan fingerprint density at radius 3 is 2.11 bits per heavy atom. The molecule has 4 aromatic carbocycles. The van der Waals surface area contributed by atoms with Crippen molar-refractivity contribution in [3.05, 3.63) is 112 Å². The van der Waals surface area contributed by atoms with Crippen LogP contribution in [0.15, 0.2) is 100 Å². The molecule has 7 nitrogen and oxygen atoms in total. The van der Waals surface area contributed by atoms with Gasteiger partial charge in [-0.25, -0.2) is 0 Å². The summed E-state index contributed by atoms with van der Waals surface area (Å²) in [6, 6.07) is 27.0. The summed E-state index contributed by atoms with van der Waals surface area (Å²) < 4.78 is 23.4. The van der Waals surface area contributed by atoms with Gasteiger partial charge in [0, 0.05) is 23.3 Å². The average Bonchev–Trinajstić information content (AvgIpc) is 2.96. The molecule has 0 unspecified atom stereocenters. The number of nitrogens with two attached hydrogens (primary N) is 1. The zero-order chi connectivity index (χ0) is 26.6. The van der Waals surface area contributed by atoms with E-state index < -0.39 is 5.91 Å². The van der Waals surface area contributed by atoms with E-state index in [1.165, 1.54) is 20.3 Å². The van der Waals surface area contributed by atoms with Crippen LogP contribution in [-0.4, -0.2) is 20.1 Å². The normalized spacial score (nSPS) is 10.8. The van der Waals surface area contributed by atoms with Crippen LogP contribution in [0.2, 0.25) is 0 Å². The van der Waals surface area contributed by atoms with E-state index in [4.69, 9.17) is 24.4 Å². The third-order valence-electron chi connectivity index (χ3n) is 6.21. The van der Waals surface area contributed by atoms with Crippen LogP contribution < -0.4 is 25.4 Å². The van der Waals surface area contributed by atoms with E-state index in [-0.39, 0.29) is 10.8 Å². The standard InChI is InChI=1S/C31H25NO6/c1-35-26-17-27(36-2)29-24(33)16-25(38-30(29)28(26)21-8-10-22(11-9-21)31(32)34)20-12-14-23(15-13-20)37-18-19-6-4-3-5-7-19/h3-17H,18H2,1-2H3,(H2,32,34). The summed E-state index contributed by atoms with van der Waals surface area (Å²) in [5.74, 6) is 1.32. The van der Waals surface area contributed by atoms with Crippen LogP contribution in [0.5, 0.6) is 17.2 Å². The Labute approximate surface area is 219 Å². The predicted octanol–water partition coefficient (Wildman–Crippen LogP) is 5.82. The molecule has 0 aliphatic heterocycles. The maximum Gasteiger partial charge on any atom is 0.248 e. The molecular weight excluding hydrogens is 482 g/mol. The van der Waals surface area contributed by atoms with Gasteiger partial charge in [-0.15, -0.1) is 0 Å². The summed E-state index contributed by atoms with van der Waals surface area (Å²) in [7, 11) is 3.01. The zero-order valence-corrected chi connectivity index (χ0v) is 20.9. The van der Waals surface area contributed by atoms with Gasteiger partial charge in [-0.3, -0.25) is 9.59 Å². The van der Waals surface area contributed by atoms with Crippen LogP contribution in [0, 0.1) is 0 Å². The predicted molar refractivity (Wildman–Crippen MR) is 146 cm³/mol. The molecule has 7 heteroatoms. The summed E-state index contributed by atoms with van der Waals surface area (Å²) in [5, 5.41) is 0.286. The smallest absolute Gasteiger partial charge is 0.248 e. The Hall–Kier alpha value is -5.04. The summed E-state index contributed by atoms with van der Waals surface area (Å²) in [4.78, 5) is 24.9. The second-order valence-corrected chi connectivity index (χ2v) is 8.58. The van der Waals surface area contributed by atoms with Gasteiger partial charge in [-0.2, -0.15) is 0 Å². The van der Waals surface area contributed by atoms with Crippen molar-refractivity contribution in [1.82, 2.24) is 0 Å². The first-order valence-electron chi connectivity index (χ1n) is 11.9. The summed E-state index contributed by atoms with van der Waals surface area (Å²) in [6.45, 7) is 0.447. The second kappa shape index (κ2) is 10.5. The van der Waals surface area contributed by atoms with Gasteiger partial charge in [0.2, 0.25) is 5.91 Å². The largest absolute Gasteiger partial charge is 0.496 e. The number of hydrogen-bond donors (Lipinski definition) is 1. The van der Waals surface area contributed by atoms with Crippen molar-refractivity contribution >= 4 is 16.9 Å². The molecule has 1 aromatic heterocycles. The number of hydrogen-bond acceptors (Lipinski definition) is 6. The molecule has 2 N–H and O–H groups in total. The summed E-state index contributed by atoms with van der Waals surface area (Å²) in [6.07, 6.45) is 0. The van der Waals surface area contributed by atoms with E-state index >= 15 is 0 Å². The first-order chi connectivity index (χ1) is 18.5. The Kier molecular flexibility index (Phi) is 6.82. The van der Waals surface area contributed by atoms with Gasteiger partial charge in [0.05, 0.1) is 19.8 Å². The number of amides is 1. The van der Waals surface area contributed by atoms with Crippen molar-refractivity contribution in [1.29, 1.82) is 0 Å². The lowest BCUT2D eigenvalue weighted by Crippen LogP contribution is -2.10. The first-order valence-corrected chi connectivity index (χ1v) is 11.9. The molecule has 38 heavy (non-hydrogen) atoms. The van der Waals surface area contributed by atoms with Crippen LogP contribution in [-0.2, 0) is 6.61 Å². The molecule has 0 spiro atoms. The van der Waals surface area contributed by atoms with Gasteiger partial charge in [-0.05, 0) is 47.5 Å². The van der Waals surface area contributed by atoms with Crippen molar-refractivity contribution in [2.24, 2.45) is 5.73 Å². The third-order valence-corrected chi connectivity index (χ3v) is 6.21. The van der Waals surface area contributed by atoms with E-state index in [2.05, 4.69) is 0 Å². The minimum atomic E-state index is -0.534. The second-order valence-electron chi connectivity index (χ2n) is 8.58. The molecule has 0 fully saturated rings. The zero-order valence-electron chi connectivity index (χ0n) is 20.9. The minimum Gasteiger partial charge on any atom is -0.496 e. The Morgan fingerprint density at radius 1 is 0.816 bits per heavy atom. The molecule has 0 aliphatic carbocycles. The monoisotopic (exact) mass is 507 g/mol. The topological polar surface area (TPSA) is 101 Å². The van der Waals surface area contributed by atoms with Crippen LogP contribution in [0.4, 0.5) is 0 Å². The molecule has 5 aromatic rings. The van der Waals surface area contributed by atoms with Gasteiger partial charge >= 0.3 is 0 Å². The number of primary amides is 1. The maximum absolute atomic E-state index is 13.3. The fourth-order valence-corrected chi connectivity index (χ4v) is 4.27. The summed E-state index contributed by atoms with van der Waals surface area (Å²) >= 11 is 0. The van der Waals surface area contributed by atoms with Gasteiger partial charge in [-0.1, -0.05) is 42.5 Å². The van der Waals surface area contributed by atoms with E-state index in [0.29, 0.717) is 57.5 Å². The van der Waals surface area contributed by atoms with Gasteiger partial charge in [0.15, 0.2) is 11.0 Å². The van der Waals surface area contributed by atoms with Crippen LogP contribution >= 0.6 is 0 Å². The lowest BCUT2D eigenvalue weighted by atomic mass is 9.99. The fraction of sp³-hybridized carbons (Fsp3) is 0.0968. The van der Waals surface area contributed by atoms with Gasteiger partial charge in [0.25, 0.3) is 0 Å². The molecular formula is C31H25NO6. The molecule has 0 atom stereocenters. The number of carbonyl (C=O) groups is 1. The number of carbonyl (C=O) groups excluding carboxylic acids is 1. The molecule has 0 saturated heterocycles. The van der Waals surface area contributed by atoms with Crippen LogP contribution in [0.25, 0.3) is 33.4 Å². The van der Waals surface area contributed by atoms with Gasteiger partial charge in [0.1, 0.15) is 35.0 Å². The molecule has 0 bridgehead atoms. The minimum absolute atomic E-state index is 0.264. The Bertz CT molecular complexity index is 1660. The van der Waals surface area contributed by atoms with Crippen molar-refractivity contribution in [2.75, 3.05) is 14.2 Å². The first kappa shape index (κ1) is 24.6. The molecule has 1 amide bonds. The van der Waals surface area contributed by atoms with E-state index in [1.807, 2.05) is 54.6 Å². The van der Waals surface area contributed by atoms with Gasteiger partial charge < -0.3 is 24.4 Å².